The van der Waals surface area contributed by atoms with Crippen LogP contribution in [0.2, 0.25) is 0 Å². The lowest BCUT2D eigenvalue weighted by Gasteiger charge is -2.12. The van der Waals surface area contributed by atoms with Gasteiger partial charge in [-0.25, -0.2) is 0 Å². The summed E-state index contributed by atoms with van der Waals surface area (Å²) < 4.78 is 16.1. The Labute approximate surface area is 169 Å². The molecule has 0 bridgehead atoms. The molecular formula is C22H23N3O4. The van der Waals surface area contributed by atoms with E-state index in [1.54, 1.807) is 19.2 Å². The molecule has 0 saturated heterocycles. The highest BCUT2D eigenvalue weighted by atomic mass is 16.5. The van der Waals surface area contributed by atoms with Gasteiger partial charge in [-0.3, -0.25) is 4.79 Å². The van der Waals surface area contributed by atoms with Crippen LogP contribution >= 0.6 is 0 Å². The molecule has 1 heterocycles. The molecule has 1 N–H and O–H groups in total. The minimum Gasteiger partial charge on any atom is -0.497 e. The number of carbonyl (C=O) groups is 1. The van der Waals surface area contributed by atoms with Crippen molar-refractivity contribution in [3.05, 3.63) is 48.5 Å². The summed E-state index contributed by atoms with van der Waals surface area (Å²) in [5.74, 6) is 2.23. The molecule has 0 unspecified atom stereocenters. The maximum Gasteiger partial charge on any atom is 0.258 e. The van der Waals surface area contributed by atoms with Crippen LogP contribution < -0.4 is 14.8 Å². The second-order valence-corrected chi connectivity index (χ2v) is 7.01. The molecule has 29 heavy (non-hydrogen) atoms. The molecule has 150 valence electrons. The van der Waals surface area contributed by atoms with E-state index in [1.165, 1.54) is 12.8 Å². The molecule has 1 aliphatic carbocycles. The molecule has 1 amide bonds. The molecule has 0 spiro atoms. The summed E-state index contributed by atoms with van der Waals surface area (Å²) in [6.07, 6.45) is 4.48. The highest BCUT2D eigenvalue weighted by molar-refractivity contribution is 5.77. The fourth-order valence-corrected chi connectivity index (χ4v) is 3.38. The third kappa shape index (κ3) is 4.74. The maximum atomic E-state index is 12.0. The average molecular weight is 393 g/mol. The van der Waals surface area contributed by atoms with Crippen molar-refractivity contribution in [2.75, 3.05) is 13.7 Å². The summed E-state index contributed by atoms with van der Waals surface area (Å²) in [5.41, 5.74) is 1.62. The minimum atomic E-state index is -0.0815. The van der Waals surface area contributed by atoms with Gasteiger partial charge in [0.25, 0.3) is 11.8 Å². The predicted octanol–water partition coefficient (Wildman–Crippen LogP) is 3.85. The molecular weight excluding hydrogens is 370 g/mol. The van der Waals surface area contributed by atoms with Crippen LogP contribution in [0.15, 0.2) is 53.1 Å². The van der Waals surface area contributed by atoms with Gasteiger partial charge in [0, 0.05) is 17.2 Å². The Morgan fingerprint density at radius 3 is 2.38 bits per heavy atom. The van der Waals surface area contributed by atoms with Gasteiger partial charge < -0.3 is 19.3 Å². The molecule has 1 saturated carbocycles. The van der Waals surface area contributed by atoms with Crippen molar-refractivity contribution >= 4 is 5.91 Å². The van der Waals surface area contributed by atoms with E-state index in [0.717, 1.165) is 29.7 Å². The Morgan fingerprint density at radius 2 is 1.69 bits per heavy atom. The number of benzene rings is 2. The summed E-state index contributed by atoms with van der Waals surface area (Å²) in [7, 11) is 1.62. The summed E-state index contributed by atoms with van der Waals surface area (Å²) in [6.45, 7) is 0.0119. The SMILES string of the molecule is COc1ccc(-c2noc(-c3ccc(OCC(=O)NC4CCCC4)cc3)n2)cc1. The number of nitrogens with one attached hydrogen (secondary N) is 1. The van der Waals surface area contributed by atoms with Crippen molar-refractivity contribution in [1.82, 2.24) is 15.5 Å². The molecule has 3 aromatic rings. The van der Waals surface area contributed by atoms with E-state index in [4.69, 9.17) is 14.0 Å². The topological polar surface area (TPSA) is 86.5 Å². The Kier molecular flexibility index (Phi) is 5.74. The van der Waals surface area contributed by atoms with Crippen LogP contribution in [-0.4, -0.2) is 35.8 Å². The van der Waals surface area contributed by atoms with Gasteiger partial charge in [-0.15, -0.1) is 0 Å². The molecule has 7 heteroatoms. The first-order valence-electron chi connectivity index (χ1n) is 9.72. The zero-order chi connectivity index (χ0) is 20.1. The van der Waals surface area contributed by atoms with Crippen molar-refractivity contribution < 1.29 is 18.8 Å². The van der Waals surface area contributed by atoms with E-state index in [1.807, 2.05) is 36.4 Å². The molecule has 0 aliphatic heterocycles. The minimum absolute atomic E-state index is 0.0119. The first kappa shape index (κ1) is 19.0. The second kappa shape index (κ2) is 8.77. The van der Waals surface area contributed by atoms with E-state index in [0.29, 0.717) is 23.5 Å². The van der Waals surface area contributed by atoms with E-state index < -0.39 is 0 Å². The van der Waals surface area contributed by atoms with Crippen molar-refractivity contribution in [2.45, 2.75) is 31.7 Å². The number of carbonyl (C=O) groups excluding carboxylic acids is 1. The molecule has 4 rings (SSSR count). The average Bonchev–Trinajstić information content (AvgIpc) is 3.45. The normalized spacial score (nSPS) is 14.0. The fraction of sp³-hybridized carbons (Fsp3) is 0.318. The van der Waals surface area contributed by atoms with Crippen LogP contribution in [0.4, 0.5) is 0 Å². The third-order valence-electron chi connectivity index (χ3n) is 4.97. The lowest BCUT2D eigenvalue weighted by Crippen LogP contribution is -2.36. The lowest BCUT2D eigenvalue weighted by atomic mass is 10.2. The summed E-state index contributed by atoms with van der Waals surface area (Å²) in [4.78, 5) is 16.4. The standard InChI is InChI=1S/C22H23N3O4/c1-27-18-10-6-15(7-11-18)21-24-22(29-25-21)16-8-12-19(13-9-16)28-14-20(26)23-17-4-2-3-5-17/h6-13,17H,2-5,14H2,1H3,(H,23,26). The molecule has 2 aromatic carbocycles. The molecule has 1 aromatic heterocycles. The van der Waals surface area contributed by atoms with Gasteiger partial charge in [-0.2, -0.15) is 4.98 Å². The quantitative estimate of drug-likeness (QED) is 0.656. The van der Waals surface area contributed by atoms with Crippen LogP contribution in [0.25, 0.3) is 22.8 Å². The Morgan fingerprint density at radius 1 is 1.03 bits per heavy atom. The zero-order valence-electron chi connectivity index (χ0n) is 16.3. The van der Waals surface area contributed by atoms with Crippen molar-refractivity contribution in [1.29, 1.82) is 0 Å². The zero-order valence-corrected chi connectivity index (χ0v) is 16.3. The van der Waals surface area contributed by atoms with Crippen molar-refractivity contribution in [3.63, 3.8) is 0 Å². The van der Waals surface area contributed by atoms with Crippen LogP contribution in [0.5, 0.6) is 11.5 Å². The molecule has 1 fully saturated rings. The van der Waals surface area contributed by atoms with Crippen LogP contribution in [-0.2, 0) is 4.79 Å². The van der Waals surface area contributed by atoms with Crippen molar-refractivity contribution in [2.24, 2.45) is 0 Å². The number of rotatable bonds is 7. The Balaban J connectivity index is 1.35. The Bertz CT molecular complexity index is 945. The second-order valence-electron chi connectivity index (χ2n) is 7.01. The number of nitrogens with zero attached hydrogens (tertiary/aromatic N) is 2. The number of hydrogen-bond donors (Lipinski definition) is 1. The van der Waals surface area contributed by atoms with Gasteiger partial charge in [0.1, 0.15) is 11.5 Å². The Hall–Kier alpha value is -3.35. The number of aromatic nitrogens is 2. The lowest BCUT2D eigenvalue weighted by molar-refractivity contribution is -0.123. The van der Waals surface area contributed by atoms with E-state index in [2.05, 4.69) is 15.5 Å². The molecule has 7 nitrogen and oxygen atoms in total. The van der Waals surface area contributed by atoms with Crippen LogP contribution in [0.1, 0.15) is 25.7 Å². The van der Waals surface area contributed by atoms with Gasteiger partial charge in [0.15, 0.2) is 6.61 Å². The number of methoxy groups -OCH3 is 1. The van der Waals surface area contributed by atoms with Gasteiger partial charge in [-0.1, -0.05) is 18.0 Å². The maximum absolute atomic E-state index is 12.0. The van der Waals surface area contributed by atoms with E-state index in [9.17, 15) is 4.79 Å². The fourth-order valence-electron chi connectivity index (χ4n) is 3.38. The van der Waals surface area contributed by atoms with Crippen LogP contribution in [0.3, 0.4) is 0 Å². The van der Waals surface area contributed by atoms with Gasteiger partial charge >= 0.3 is 0 Å². The predicted molar refractivity (Wildman–Crippen MR) is 108 cm³/mol. The monoisotopic (exact) mass is 393 g/mol. The molecule has 0 atom stereocenters. The number of ether oxygens (including phenoxy) is 2. The number of amides is 1. The van der Waals surface area contributed by atoms with Crippen LogP contribution in [0, 0.1) is 0 Å². The van der Waals surface area contributed by atoms with Gasteiger partial charge in [-0.05, 0) is 61.4 Å². The summed E-state index contributed by atoms with van der Waals surface area (Å²) in [6, 6.07) is 15.0. The summed E-state index contributed by atoms with van der Waals surface area (Å²) >= 11 is 0. The highest BCUT2D eigenvalue weighted by Crippen LogP contribution is 2.25. The van der Waals surface area contributed by atoms with Crippen molar-refractivity contribution in [3.8, 4) is 34.3 Å². The van der Waals surface area contributed by atoms with E-state index >= 15 is 0 Å². The third-order valence-corrected chi connectivity index (χ3v) is 4.97. The number of hydrogen-bond acceptors (Lipinski definition) is 6. The molecule has 0 radical (unpaired) electrons. The first-order valence-corrected chi connectivity index (χ1v) is 9.72. The largest absolute Gasteiger partial charge is 0.497 e. The highest BCUT2D eigenvalue weighted by Gasteiger charge is 2.17. The van der Waals surface area contributed by atoms with Gasteiger partial charge in [0.2, 0.25) is 5.82 Å². The van der Waals surface area contributed by atoms with E-state index in [-0.39, 0.29) is 12.5 Å². The smallest absolute Gasteiger partial charge is 0.258 e. The van der Waals surface area contributed by atoms with Gasteiger partial charge in [0.05, 0.1) is 7.11 Å². The molecule has 1 aliphatic rings. The summed E-state index contributed by atoms with van der Waals surface area (Å²) in [5, 5.41) is 7.04. The first-order chi connectivity index (χ1) is 14.2.